The molecule has 0 atom stereocenters. The lowest BCUT2D eigenvalue weighted by atomic mass is 10.1. The SMILES string of the molecule is Cn1cc(-c2nc(Nc3ccc(F)c([N+](=O)[O-])c3)nc3c2ccn3S(=O)(=O)Cc2ccccc2)c2ccccc21. The smallest absolute Gasteiger partial charge is 0.306 e. The lowest BCUT2D eigenvalue weighted by molar-refractivity contribution is -0.387. The van der Waals surface area contributed by atoms with E-state index < -0.39 is 26.5 Å². The molecule has 1 N–H and O–H groups in total. The van der Waals surface area contributed by atoms with Crippen LogP contribution in [0.1, 0.15) is 5.56 Å². The summed E-state index contributed by atoms with van der Waals surface area (Å²) in [7, 11) is -1.99. The summed E-state index contributed by atoms with van der Waals surface area (Å²) >= 11 is 0. The predicted molar refractivity (Wildman–Crippen MR) is 150 cm³/mol. The van der Waals surface area contributed by atoms with Gasteiger partial charge in [0.15, 0.2) is 5.65 Å². The third kappa shape index (κ3) is 4.43. The van der Waals surface area contributed by atoms with Gasteiger partial charge in [0, 0.05) is 53.0 Å². The molecule has 10 nitrogen and oxygen atoms in total. The van der Waals surface area contributed by atoms with E-state index in [-0.39, 0.29) is 23.0 Å². The summed E-state index contributed by atoms with van der Waals surface area (Å²) < 4.78 is 44.1. The van der Waals surface area contributed by atoms with E-state index in [0.29, 0.717) is 16.6 Å². The first-order chi connectivity index (χ1) is 19.2. The van der Waals surface area contributed by atoms with Crippen molar-refractivity contribution in [2.24, 2.45) is 7.05 Å². The summed E-state index contributed by atoms with van der Waals surface area (Å²) in [5, 5.41) is 15.6. The van der Waals surface area contributed by atoms with Gasteiger partial charge in [-0.2, -0.15) is 9.37 Å². The van der Waals surface area contributed by atoms with E-state index in [0.717, 1.165) is 32.6 Å². The number of nitrogens with zero attached hydrogens (tertiary/aromatic N) is 5. The largest absolute Gasteiger partial charge is 0.350 e. The van der Waals surface area contributed by atoms with Crippen molar-refractivity contribution in [3.63, 3.8) is 0 Å². The van der Waals surface area contributed by atoms with Crippen molar-refractivity contribution in [3.05, 3.63) is 113 Å². The van der Waals surface area contributed by atoms with Crippen molar-refractivity contribution < 1.29 is 17.7 Å². The Bertz CT molecular complexity index is 2040. The maximum Gasteiger partial charge on any atom is 0.306 e. The van der Waals surface area contributed by atoms with Crippen molar-refractivity contribution in [2.45, 2.75) is 5.75 Å². The van der Waals surface area contributed by atoms with Crippen molar-refractivity contribution in [2.75, 3.05) is 5.32 Å². The Balaban J connectivity index is 1.55. The average molecular weight is 557 g/mol. The third-order valence-electron chi connectivity index (χ3n) is 6.55. The molecular weight excluding hydrogens is 535 g/mol. The molecule has 0 fully saturated rings. The van der Waals surface area contributed by atoms with Gasteiger partial charge in [-0.1, -0.05) is 48.5 Å². The van der Waals surface area contributed by atoms with Gasteiger partial charge in [-0.05, 0) is 29.8 Å². The fourth-order valence-electron chi connectivity index (χ4n) is 4.72. The van der Waals surface area contributed by atoms with E-state index in [9.17, 15) is 22.9 Å². The van der Waals surface area contributed by atoms with Gasteiger partial charge in [-0.25, -0.2) is 17.4 Å². The Labute approximate surface area is 227 Å². The number of nitro benzene ring substituents is 1. The summed E-state index contributed by atoms with van der Waals surface area (Å²) in [6.07, 6.45) is 3.34. The molecule has 12 heteroatoms. The van der Waals surface area contributed by atoms with Crippen LogP contribution in [0, 0.1) is 15.9 Å². The second-order valence-corrected chi connectivity index (χ2v) is 11.1. The Morgan fingerprint density at radius 2 is 1.73 bits per heavy atom. The lowest BCUT2D eigenvalue weighted by Gasteiger charge is -2.11. The minimum absolute atomic E-state index is 0.00815. The molecule has 6 rings (SSSR count). The van der Waals surface area contributed by atoms with Gasteiger partial charge in [-0.3, -0.25) is 10.1 Å². The first kappa shape index (κ1) is 25.2. The number of anilines is 2. The number of hydrogen-bond acceptors (Lipinski definition) is 7. The van der Waals surface area contributed by atoms with E-state index in [1.54, 1.807) is 30.3 Å². The molecule has 3 aromatic carbocycles. The van der Waals surface area contributed by atoms with Crippen molar-refractivity contribution in [1.29, 1.82) is 0 Å². The first-order valence-corrected chi connectivity index (χ1v) is 13.7. The fourth-order valence-corrected chi connectivity index (χ4v) is 6.12. The molecule has 0 amide bonds. The quantitative estimate of drug-likeness (QED) is 0.196. The highest BCUT2D eigenvalue weighted by Crippen LogP contribution is 2.35. The zero-order valence-corrected chi connectivity index (χ0v) is 21.8. The van der Waals surface area contributed by atoms with Gasteiger partial charge in [0.1, 0.15) is 0 Å². The second-order valence-electron chi connectivity index (χ2n) is 9.21. The molecule has 0 aliphatic carbocycles. The van der Waals surface area contributed by atoms with Crippen LogP contribution in [0.15, 0.2) is 91.3 Å². The summed E-state index contributed by atoms with van der Waals surface area (Å²) in [5.41, 5.74) is 2.36. The predicted octanol–water partition coefficient (Wildman–Crippen LogP) is 5.76. The van der Waals surface area contributed by atoms with Crippen LogP contribution in [0.3, 0.4) is 0 Å². The van der Waals surface area contributed by atoms with Crippen LogP contribution < -0.4 is 5.32 Å². The highest BCUT2D eigenvalue weighted by molar-refractivity contribution is 7.89. The first-order valence-electron chi connectivity index (χ1n) is 12.1. The van der Waals surface area contributed by atoms with Crippen molar-refractivity contribution in [3.8, 4) is 11.3 Å². The van der Waals surface area contributed by atoms with Gasteiger partial charge in [0.25, 0.3) is 0 Å². The van der Waals surface area contributed by atoms with Gasteiger partial charge in [-0.15, -0.1) is 0 Å². The molecule has 0 aliphatic heterocycles. The number of benzene rings is 3. The molecule has 6 aromatic rings. The second kappa shape index (κ2) is 9.58. The fraction of sp³-hybridized carbons (Fsp3) is 0.0714. The topological polar surface area (TPSA) is 125 Å². The zero-order valence-electron chi connectivity index (χ0n) is 21.0. The average Bonchev–Trinajstić information content (AvgIpc) is 3.51. The number of rotatable bonds is 7. The van der Waals surface area contributed by atoms with E-state index >= 15 is 0 Å². The van der Waals surface area contributed by atoms with E-state index in [4.69, 9.17) is 4.98 Å². The van der Waals surface area contributed by atoms with Crippen LogP contribution >= 0.6 is 0 Å². The number of aryl methyl sites for hydroxylation is 1. The number of nitro groups is 1. The lowest BCUT2D eigenvalue weighted by Crippen LogP contribution is -2.15. The minimum Gasteiger partial charge on any atom is -0.350 e. The van der Waals surface area contributed by atoms with E-state index in [1.807, 2.05) is 48.1 Å². The third-order valence-corrected chi connectivity index (χ3v) is 8.15. The van der Waals surface area contributed by atoms with E-state index in [1.165, 1.54) is 12.3 Å². The molecule has 0 aliphatic rings. The van der Waals surface area contributed by atoms with Crippen LogP contribution in [0.25, 0.3) is 33.2 Å². The number of aromatic nitrogens is 4. The molecule has 0 bridgehead atoms. The van der Waals surface area contributed by atoms with Crippen LogP contribution in [-0.4, -0.2) is 31.8 Å². The maximum atomic E-state index is 14.0. The highest BCUT2D eigenvalue weighted by atomic mass is 32.2. The van der Waals surface area contributed by atoms with Crippen molar-refractivity contribution in [1.82, 2.24) is 18.5 Å². The molecule has 0 spiro atoms. The number of hydrogen-bond donors (Lipinski definition) is 1. The Kier molecular flexibility index (Phi) is 6.03. The molecule has 0 saturated carbocycles. The molecule has 0 radical (unpaired) electrons. The van der Waals surface area contributed by atoms with Gasteiger partial charge in [0.05, 0.1) is 16.4 Å². The highest BCUT2D eigenvalue weighted by Gasteiger charge is 2.23. The molecular formula is C28H21FN6O4S. The van der Waals surface area contributed by atoms with Crippen LogP contribution in [0.5, 0.6) is 0 Å². The monoisotopic (exact) mass is 556 g/mol. The summed E-state index contributed by atoms with van der Waals surface area (Å²) in [5.74, 6) is -1.24. The minimum atomic E-state index is -3.89. The number of nitrogens with one attached hydrogen (secondary N) is 1. The molecule has 3 aromatic heterocycles. The van der Waals surface area contributed by atoms with Gasteiger partial charge in [0.2, 0.25) is 21.8 Å². The van der Waals surface area contributed by atoms with Crippen molar-refractivity contribution >= 4 is 49.3 Å². The van der Waals surface area contributed by atoms with Crippen LogP contribution in [-0.2, 0) is 22.8 Å². The molecule has 200 valence electrons. The van der Waals surface area contributed by atoms with E-state index in [2.05, 4.69) is 10.3 Å². The van der Waals surface area contributed by atoms with Crippen LogP contribution in [0.4, 0.5) is 21.7 Å². The zero-order chi connectivity index (χ0) is 28.0. The number of para-hydroxylation sites is 1. The molecule has 3 heterocycles. The molecule has 0 saturated heterocycles. The number of halogens is 1. The summed E-state index contributed by atoms with van der Waals surface area (Å²) in [6.45, 7) is 0. The van der Waals surface area contributed by atoms with Gasteiger partial charge < -0.3 is 9.88 Å². The Morgan fingerprint density at radius 3 is 2.50 bits per heavy atom. The summed E-state index contributed by atoms with van der Waals surface area (Å²) in [4.78, 5) is 19.6. The van der Waals surface area contributed by atoms with Gasteiger partial charge >= 0.3 is 5.69 Å². The summed E-state index contributed by atoms with van der Waals surface area (Å²) in [6, 6.07) is 21.5. The Morgan fingerprint density at radius 1 is 0.975 bits per heavy atom. The molecule has 0 unspecified atom stereocenters. The normalized spacial score (nSPS) is 11.8. The standard InChI is InChI=1S/C28H21FN6O4S/c1-33-16-22(20-9-5-6-10-24(20)33)26-21-13-14-34(40(38,39)17-18-7-3-2-4-8-18)27(21)32-28(31-26)30-19-11-12-23(29)25(15-19)35(36)37/h2-16H,17H2,1H3,(H,30,31,32). The van der Waals surface area contributed by atoms with Crippen LogP contribution in [0.2, 0.25) is 0 Å². The molecule has 40 heavy (non-hydrogen) atoms. The number of fused-ring (bicyclic) bond motifs is 2. The maximum absolute atomic E-state index is 14.0. The Hall–Kier alpha value is -5.10.